The lowest BCUT2D eigenvalue weighted by Crippen LogP contribution is -2.46. The molecule has 6 nitrogen and oxygen atoms in total. The summed E-state index contributed by atoms with van der Waals surface area (Å²) in [6.45, 7) is 6.66. The van der Waals surface area contributed by atoms with E-state index in [0.29, 0.717) is 6.54 Å². The molecule has 0 amide bonds. The molecule has 0 spiro atoms. The molecule has 1 unspecified atom stereocenters. The number of nitrogens with one attached hydrogen (secondary N) is 3. The van der Waals surface area contributed by atoms with Gasteiger partial charge in [-0.3, -0.25) is 9.97 Å². The highest BCUT2D eigenvalue weighted by Gasteiger charge is 2.25. The van der Waals surface area contributed by atoms with E-state index in [4.69, 9.17) is 11.6 Å². The van der Waals surface area contributed by atoms with Gasteiger partial charge in [0.05, 0.1) is 33.5 Å². The fourth-order valence-electron chi connectivity index (χ4n) is 3.34. The average molecular weight is 371 g/mol. The van der Waals surface area contributed by atoms with Gasteiger partial charge in [0.25, 0.3) is 0 Å². The number of hydrogen-bond donors (Lipinski definition) is 3. The molecule has 1 saturated heterocycles. The number of aromatic nitrogens is 2. The molecule has 2 aromatic rings. The number of halogens is 1. The second-order valence-corrected chi connectivity index (χ2v) is 7.02. The fraction of sp³-hybridized carbons (Fsp3) is 0.368. The first-order valence-electron chi connectivity index (χ1n) is 8.98. The Hall–Kier alpha value is -2.31. The molecule has 3 N–H and O–H groups in total. The van der Waals surface area contributed by atoms with E-state index in [-0.39, 0.29) is 6.04 Å². The Morgan fingerprint density at radius 2 is 1.96 bits per heavy atom. The molecule has 3 heterocycles. The van der Waals surface area contributed by atoms with E-state index in [1.165, 1.54) is 0 Å². The third-order valence-corrected chi connectivity index (χ3v) is 5.30. The standard InChI is InChI=1S/C19H23ClN6/c1-13-18(20)19(26-8-6-21-7-9-26)17(12-24-13)25-11-14-2-3-15-16(10-14)23-5-4-22-15/h2-5,10,12-13,21,24-25H,6-9,11H2,1H3. The third-order valence-electron chi connectivity index (χ3n) is 4.79. The van der Waals surface area contributed by atoms with Crippen LogP contribution in [0, 0.1) is 0 Å². The van der Waals surface area contributed by atoms with E-state index in [2.05, 4.69) is 49.9 Å². The number of dihydropyridines is 1. The molecule has 2 aliphatic rings. The summed E-state index contributed by atoms with van der Waals surface area (Å²) >= 11 is 6.68. The summed E-state index contributed by atoms with van der Waals surface area (Å²) in [4.78, 5) is 11.1. The van der Waals surface area contributed by atoms with E-state index in [9.17, 15) is 0 Å². The monoisotopic (exact) mass is 370 g/mol. The van der Waals surface area contributed by atoms with Crippen LogP contribution in [0.4, 0.5) is 0 Å². The van der Waals surface area contributed by atoms with Crippen molar-refractivity contribution in [3.63, 3.8) is 0 Å². The molecular weight excluding hydrogens is 348 g/mol. The maximum atomic E-state index is 6.68. The summed E-state index contributed by atoms with van der Waals surface area (Å²) in [5.41, 5.74) is 5.13. The van der Waals surface area contributed by atoms with Gasteiger partial charge in [-0.15, -0.1) is 0 Å². The highest BCUT2D eigenvalue weighted by atomic mass is 35.5. The molecule has 0 radical (unpaired) electrons. The number of fused-ring (bicyclic) bond motifs is 1. The summed E-state index contributed by atoms with van der Waals surface area (Å²) in [5.74, 6) is 0. The molecule has 0 saturated carbocycles. The van der Waals surface area contributed by atoms with Gasteiger partial charge in [-0.2, -0.15) is 0 Å². The summed E-state index contributed by atoms with van der Waals surface area (Å²) in [5, 5.41) is 11.1. The van der Waals surface area contributed by atoms with Crippen molar-refractivity contribution in [1.29, 1.82) is 0 Å². The molecular formula is C19H23ClN6. The van der Waals surface area contributed by atoms with Gasteiger partial charge in [0.2, 0.25) is 0 Å². The molecule has 1 atom stereocenters. The van der Waals surface area contributed by atoms with Crippen molar-refractivity contribution < 1.29 is 0 Å². The van der Waals surface area contributed by atoms with Crippen LogP contribution in [0.1, 0.15) is 12.5 Å². The third kappa shape index (κ3) is 3.48. The Balaban J connectivity index is 1.53. The minimum absolute atomic E-state index is 0.128. The van der Waals surface area contributed by atoms with E-state index in [1.54, 1.807) is 12.4 Å². The number of hydrogen-bond acceptors (Lipinski definition) is 6. The predicted octanol–water partition coefficient (Wildman–Crippen LogP) is 1.91. The average Bonchev–Trinajstić information content (AvgIpc) is 2.69. The van der Waals surface area contributed by atoms with Crippen LogP contribution in [0.5, 0.6) is 0 Å². The molecule has 26 heavy (non-hydrogen) atoms. The highest BCUT2D eigenvalue weighted by Crippen LogP contribution is 2.27. The van der Waals surface area contributed by atoms with Crippen molar-refractivity contribution in [1.82, 2.24) is 30.8 Å². The van der Waals surface area contributed by atoms with Crippen molar-refractivity contribution >= 4 is 22.6 Å². The zero-order valence-electron chi connectivity index (χ0n) is 14.8. The van der Waals surface area contributed by atoms with E-state index >= 15 is 0 Å². The van der Waals surface area contributed by atoms with Gasteiger partial charge in [-0.05, 0) is 24.6 Å². The molecule has 1 fully saturated rings. The predicted molar refractivity (Wildman–Crippen MR) is 104 cm³/mol. The van der Waals surface area contributed by atoms with Crippen LogP contribution in [0.3, 0.4) is 0 Å². The lowest BCUT2D eigenvalue weighted by molar-refractivity contribution is 0.296. The van der Waals surface area contributed by atoms with Crippen LogP contribution < -0.4 is 16.0 Å². The van der Waals surface area contributed by atoms with Crippen molar-refractivity contribution in [3.05, 3.63) is 58.8 Å². The van der Waals surface area contributed by atoms with Crippen LogP contribution in [0.2, 0.25) is 0 Å². The van der Waals surface area contributed by atoms with Gasteiger partial charge in [0.15, 0.2) is 0 Å². The van der Waals surface area contributed by atoms with Crippen molar-refractivity contribution in [2.75, 3.05) is 26.2 Å². The quantitative estimate of drug-likeness (QED) is 0.764. The number of piperazine rings is 1. The second-order valence-electron chi connectivity index (χ2n) is 6.61. The Kier molecular flexibility index (Phi) is 4.95. The Labute approximate surface area is 158 Å². The first-order valence-corrected chi connectivity index (χ1v) is 9.35. The molecule has 136 valence electrons. The van der Waals surface area contributed by atoms with Gasteiger partial charge >= 0.3 is 0 Å². The number of rotatable bonds is 4. The Morgan fingerprint density at radius 1 is 1.19 bits per heavy atom. The topological polar surface area (TPSA) is 65.1 Å². The van der Waals surface area contributed by atoms with E-state index < -0.39 is 0 Å². The Morgan fingerprint density at radius 3 is 2.77 bits per heavy atom. The minimum Gasteiger partial charge on any atom is -0.382 e. The van der Waals surface area contributed by atoms with Gasteiger partial charge in [-0.1, -0.05) is 17.7 Å². The summed E-state index contributed by atoms with van der Waals surface area (Å²) in [7, 11) is 0. The minimum atomic E-state index is 0.128. The smallest absolute Gasteiger partial charge is 0.0890 e. The fourth-order valence-corrected chi connectivity index (χ4v) is 3.63. The lowest BCUT2D eigenvalue weighted by atomic mass is 10.1. The van der Waals surface area contributed by atoms with Gasteiger partial charge in [0.1, 0.15) is 0 Å². The van der Waals surface area contributed by atoms with E-state index in [1.807, 2.05) is 12.3 Å². The van der Waals surface area contributed by atoms with Gasteiger partial charge in [0, 0.05) is 51.3 Å². The first-order chi connectivity index (χ1) is 12.7. The van der Waals surface area contributed by atoms with Crippen LogP contribution in [-0.4, -0.2) is 47.1 Å². The number of benzene rings is 1. The van der Waals surface area contributed by atoms with Crippen LogP contribution in [0.15, 0.2) is 53.2 Å². The Bertz CT molecular complexity index is 856. The molecule has 2 aliphatic heterocycles. The largest absolute Gasteiger partial charge is 0.382 e. The zero-order valence-corrected chi connectivity index (χ0v) is 15.6. The second kappa shape index (κ2) is 7.51. The molecule has 1 aromatic carbocycles. The summed E-state index contributed by atoms with van der Waals surface area (Å²) < 4.78 is 0. The maximum absolute atomic E-state index is 6.68. The summed E-state index contributed by atoms with van der Waals surface area (Å²) in [6, 6.07) is 6.29. The molecule has 0 aliphatic carbocycles. The maximum Gasteiger partial charge on any atom is 0.0890 e. The van der Waals surface area contributed by atoms with Gasteiger partial charge in [-0.25, -0.2) is 0 Å². The molecule has 7 heteroatoms. The van der Waals surface area contributed by atoms with Crippen molar-refractivity contribution in [2.45, 2.75) is 19.5 Å². The zero-order chi connectivity index (χ0) is 17.9. The van der Waals surface area contributed by atoms with Crippen molar-refractivity contribution in [2.24, 2.45) is 0 Å². The molecule has 1 aromatic heterocycles. The summed E-state index contributed by atoms with van der Waals surface area (Å²) in [6.07, 6.45) is 5.47. The molecule has 4 rings (SSSR count). The normalized spacial score (nSPS) is 20.8. The van der Waals surface area contributed by atoms with Crippen LogP contribution >= 0.6 is 11.6 Å². The van der Waals surface area contributed by atoms with Crippen LogP contribution in [0.25, 0.3) is 11.0 Å². The van der Waals surface area contributed by atoms with Crippen LogP contribution in [-0.2, 0) is 6.54 Å². The lowest BCUT2D eigenvalue weighted by Gasteiger charge is -2.36. The van der Waals surface area contributed by atoms with Crippen molar-refractivity contribution in [3.8, 4) is 0 Å². The molecule has 0 bridgehead atoms. The number of nitrogens with zero attached hydrogens (tertiary/aromatic N) is 3. The first kappa shape index (κ1) is 17.1. The van der Waals surface area contributed by atoms with E-state index in [0.717, 1.165) is 59.2 Å². The van der Waals surface area contributed by atoms with Gasteiger partial charge < -0.3 is 20.9 Å². The highest BCUT2D eigenvalue weighted by molar-refractivity contribution is 6.31. The SMILES string of the molecule is CC1NC=C(NCc2ccc3nccnc3c2)C(N2CCNCC2)=C1Cl.